The second-order valence-corrected chi connectivity index (χ2v) is 4.29. The Morgan fingerprint density at radius 1 is 1.33 bits per heavy atom. The van der Waals surface area contributed by atoms with E-state index in [4.69, 9.17) is 12.8 Å². The van der Waals surface area contributed by atoms with Gasteiger partial charge >= 0.3 is 0 Å². The number of carbonyl (C=O) groups excluding carboxylic acids is 1. The van der Waals surface area contributed by atoms with Gasteiger partial charge in [-0.15, -0.1) is 24.7 Å². The third kappa shape index (κ3) is 5.44. The van der Waals surface area contributed by atoms with Gasteiger partial charge in [-0.05, 0) is 18.8 Å². The lowest BCUT2D eigenvalue weighted by Crippen LogP contribution is -2.48. The Kier molecular flexibility index (Phi) is 6.49. The molecule has 0 spiro atoms. The number of nitrogens with one attached hydrogen (secondary N) is 2. The molecular formula is C15H18N2O. The van der Waals surface area contributed by atoms with Gasteiger partial charge in [-0.2, -0.15) is 0 Å². The summed E-state index contributed by atoms with van der Waals surface area (Å²) in [6, 6.07) is 0.0762. The van der Waals surface area contributed by atoms with Gasteiger partial charge in [0.1, 0.15) is 0 Å². The summed E-state index contributed by atoms with van der Waals surface area (Å²) in [6.07, 6.45) is 13.5. The summed E-state index contributed by atoms with van der Waals surface area (Å²) >= 11 is 0. The van der Waals surface area contributed by atoms with Crippen molar-refractivity contribution in [1.29, 1.82) is 0 Å². The number of unbranched alkanes of at least 4 members (excludes halogenated alkanes) is 2. The molecule has 0 bridgehead atoms. The summed E-state index contributed by atoms with van der Waals surface area (Å²) < 4.78 is 0. The van der Waals surface area contributed by atoms with E-state index in [2.05, 4.69) is 34.3 Å². The zero-order valence-corrected chi connectivity index (χ0v) is 10.5. The lowest BCUT2D eigenvalue weighted by Gasteiger charge is -2.27. The van der Waals surface area contributed by atoms with Crippen molar-refractivity contribution in [3.63, 3.8) is 0 Å². The highest BCUT2D eigenvalue weighted by Gasteiger charge is 2.20. The molecule has 1 saturated heterocycles. The van der Waals surface area contributed by atoms with Crippen LogP contribution in [-0.4, -0.2) is 25.0 Å². The number of hydrogen-bond acceptors (Lipinski definition) is 2. The van der Waals surface area contributed by atoms with E-state index >= 15 is 0 Å². The monoisotopic (exact) mass is 242 g/mol. The number of piperidine rings is 1. The summed E-state index contributed by atoms with van der Waals surface area (Å²) in [7, 11) is 0. The Hall–Kier alpha value is -1.89. The van der Waals surface area contributed by atoms with E-state index < -0.39 is 0 Å². The molecule has 3 nitrogen and oxygen atoms in total. The second kappa shape index (κ2) is 8.24. The highest BCUT2D eigenvalue weighted by molar-refractivity contribution is 5.93. The maximum atomic E-state index is 11.5. The fourth-order valence-corrected chi connectivity index (χ4v) is 1.82. The van der Waals surface area contributed by atoms with Gasteiger partial charge in [0.15, 0.2) is 0 Å². The van der Waals surface area contributed by atoms with Gasteiger partial charge in [0, 0.05) is 37.9 Å². The molecule has 1 aliphatic rings. The minimum atomic E-state index is -0.236. The van der Waals surface area contributed by atoms with Crippen LogP contribution >= 0.6 is 0 Å². The second-order valence-electron chi connectivity index (χ2n) is 4.29. The standard InChI is InChI=1S/C15H18N2O/c1-3-5-6-7-8-9-15(18)17-14-10-13(4-2)11-16-12-14/h1-2,13-14,16H,5-7,10-12H2,(H,17,18)/t13-,14+/m1/s1. The SMILES string of the molecule is C#CCCCC#CC(=O)N[C@@H]1CNC[C@H](C#C)C1. The first-order valence-corrected chi connectivity index (χ1v) is 6.16. The predicted molar refractivity (Wildman–Crippen MR) is 72.2 cm³/mol. The van der Waals surface area contributed by atoms with Gasteiger partial charge in [-0.3, -0.25) is 4.79 Å². The van der Waals surface area contributed by atoms with E-state index in [-0.39, 0.29) is 17.9 Å². The maximum absolute atomic E-state index is 11.5. The van der Waals surface area contributed by atoms with Crippen molar-refractivity contribution in [3.8, 4) is 36.5 Å². The molecule has 2 atom stereocenters. The fourth-order valence-electron chi connectivity index (χ4n) is 1.82. The molecule has 1 fully saturated rings. The number of amides is 1. The lowest BCUT2D eigenvalue weighted by molar-refractivity contribution is -0.116. The van der Waals surface area contributed by atoms with Crippen LogP contribution < -0.4 is 10.6 Å². The van der Waals surface area contributed by atoms with E-state index in [0.717, 1.165) is 25.9 Å². The summed E-state index contributed by atoms with van der Waals surface area (Å²) in [4.78, 5) is 11.5. The van der Waals surface area contributed by atoms with Crippen molar-refractivity contribution in [2.24, 2.45) is 5.92 Å². The Labute approximate surface area is 109 Å². The predicted octanol–water partition coefficient (Wildman–Crippen LogP) is 0.521. The number of terminal acetylenes is 2. The minimum absolute atomic E-state index is 0.0762. The smallest absolute Gasteiger partial charge is 0.296 e. The number of carbonyl (C=O) groups is 1. The van der Waals surface area contributed by atoms with E-state index in [1.807, 2.05) is 0 Å². The maximum Gasteiger partial charge on any atom is 0.296 e. The van der Waals surface area contributed by atoms with Crippen LogP contribution in [0, 0.1) is 42.4 Å². The van der Waals surface area contributed by atoms with E-state index in [9.17, 15) is 4.79 Å². The van der Waals surface area contributed by atoms with Crippen molar-refractivity contribution in [2.75, 3.05) is 13.1 Å². The first-order valence-electron chi connectivity index (χ1n) is 6.16. The number of hydrogen-bond donors (Lipinski definition) is 2. The summed E-state index contributed by atoms with van der Waals surface area (Å²) in [5, 5.41) is 6.06. The van der Waals surface area contributed by atoms with E-state index in [0.29, 0.717) is 12.8 Å². The molecule has 0 unspecified atom stereocenters. The molecule has 0 radical (unpaired) electrons. The van der Waals surface area contributed by atoms with Crippen molar-refractivity contribution in [1.82, 2.24) is 10.6 Å². The lowest BCUT2D eigenvalue weighted by atomic mass is 9.96. The molecule has 1 heterocycles. The third-order valence-electron chi connectivity index (χ3n) is 2.75. The zero-order chi connectivity index (χ0) is 13.2. The summed E-state index contributed by atoms with van der Waals surface area (Å²) in [5.74, 6) is 10.6. The quantitative estimate of drug-likeness (QED) is 0.559. The molecule has 0 saturated carbocycles. The van der Waals surface area contributed by atoms with Gasteiger partial charge < -0.3 is 10.6 Å². The molecule has 94 valence electrons. The summed E-state index contributed by atoms with van der Waals surface area (Å²) in [6.45, 7) is 1.57. The molecule has 0 aromatic carbocycles. The van der Waals surface area contributed by atoms with Crippen LogP contribution in [0.2, 0.25) is 0 Å². The zero-order valence-electron chi connectivity index (χ0n) is 10.5. The molecule has 1 rings (SSSR count). The molecule has 2 N–H and O–H groups in total. The fraction of sp³-hybridized carbons (Fsp3) is 0.533. The van der Waals surface area contributed by atoms with Crippen LogP contribution in [0.5, 0.6) is 0 Å². The van der Waals surface area contributed by atoms with E-state index in [1.54, 1.807) is 0 Å². The Bertz CT molecular complexity index is 416. The topological polar surface area (TPSA) is 41.1 Å². The number of rotatable bonds is 3. The van der Waals surface area contributed by atoms with Crippen LogP contribution in [0.4, 0.5) is 0 Å². The first kappa shape index (κ1) is 14.2. The van der Waals surface area contributed by atoms with Crippen molar-refractivity contribution < 1.29 is 4.79 Å². The van der Waals surface area contributed by atoms with Crippen LogP contribution in [0.15, 0.2) is 0 Å². The molecule has 3 heteroatoms. The Morgan fingerprint density at radius 3 is 2.89 bits per heavy atom. The molecule has 0 aromatic heterocycles. The molecule has 18 heavy (non-hydrogen) atoms. The first-order chi connectivity index (χ1) is 8.76. The highest BCUT2D eigenvalue weighted by Crippen LogP contribution is 2.08. The van der Waals surface area contributed by atoms with Crippen molar-refractivity contribution in [3.05, 3.63) is 0 Å². The van der Waals surface area contributed by atoms with E-state index in [1.165, 1.54) is 0 Å². The molecule has 1 aliphatic heterocycles. The normalized spacial score (nSPS) is 21.9. The van der Waals surface area contributed by atoms with Gasteiger partial charge in [0.2, 0.25) is 0 Å². The minimum Gasteiger partial charge on any atom is -0.341 e. The largest absolute Gasteiger partial charge is 0.341 e. The summed E-state index contributed by atoms with van der Waals surface area (Å²) in [5.41, 5.74) is 0. The van der Waals surface area contributed by atoms with Crippen LogP contribution in [-0.2, 0) is 4.79 Å². The van der Waals surface area contributed by atoms with Crippen LogP contribution in [0.25, 0.3) is 0 Å². The molecular weight excluding hydrogens is 224 g/mol. The van der Waals surface area contributed by atoms with Crippen LogP contribution in [0.3, 0.4) is 0 Å². The Morgan fingerprint density at radius 2 is 2.17 bits per heavy atom. The van der Waals surface area contributed by atoms with Crippen LogP contribution in [0.1, 0.15) is 25.7 Å². The third-order valence-corrected chi connectivity index (χ3v) is 2.75. The Balaban J connectivity index is 2.27. The molecule has 0 aliphatic carbocycles. The van der Waals surface area contributed by atoms with Gasteiger partial charge in [-0.25, -0.2) is 0 Å². The molecule has 1 amide bonds. The highest BCUT2D eigenvalue weighted by atomic mass is 16.1. The van der Waals surface area contributed by atoms with Crippen molar-refractivity contribution in [2.45, 2.75) is 31.7 Å². The average Bonchev–Trinajstić information content (AvgIpc) is 2.38. The molecule has 0 aromatic rings. The van der Waals surface area contributed by atoms with Gasteiger partial charge in [0.25, 0.3) is 5.91 Å². The average molecular weight is 242 g/mol. The van der Waals surface area contributed by atoms with Gasteiger partial charge in [0.05, 0.1) is 0 Å². The van der Waals surface area contributed by atoms with Gasteiger partial charge in [-0.1, -0.05) is 5.92 Å². The van der Waals surface area contributed by atoms with Crippen molar-refractivity contribution >= 4 is 5.91 Å².